The summed E-state index contributed by atoms with van der Waals surface area (Å²) >= 11 is 0. The first-order valence-electron chi connectivity index (χ1n) is 15.9. The first-order chi connectivity index (χ1) is 22.1. The van der Waals surface area contributed by atoms with Crippen LogP contribution in [-0.2, 0) is 25.8 Å². The lowest BCUT2D eigenvalue weighted by Crippen LogP contribution is -2.59. The van der Waals surface area contributed by atoms with Gasteiger partial charge in [-0.2, -0.15) is 0 Å². The van der Waals surface area contributed by atoms with Crippen LogP contribution in [0.25, 0.3) is 11.0 Å². The normalized spacial score (nSPS) is 27.2. The molecule has 4 heterocycles. The third-order valence-corrected chi connectivity index (χ3v) is 10.1. The van der Waals surface area contributed by atoms with Crippen molar-refractivity contribution in [3.63, 3.8) is 0 Å². The van der Waals surface area contributed by atoms with Gasteiger partial charge in [-0.3, -0.25) is 14.4 Å². The van der Waals surface area contributed by atoms with E-state index in [0.29, 0.717) is 24.0 Å². The van der Waals surface area contributed by atoms with E-state index in [9.17, 15) is 19.5 Å². The van der Waals surface area contributed by atoms with Crippen LogP contribution in [0.2, 0.25) is 0 Å². The molecule has 3 aromatic rings. The molecule has 11 heteroatoms. The van der Waals surface area contributed by atoms with Gasteiger partial charge in [0.15, 0.2) is 0 Å². The number of carbonyl (C=O) groups is 3. The number of rotatable bonds is 12. The fraction of sp³-hybridized carbons (Fsp3) is 0.457. The Labute approximate surface area is 269 Å². The zero-order chi connectivity index (χ0) is 32.8. The van der Waals surface area contributed by atoms with E-state index in [1.165, 1.54) is 4.90 Å². The van der Waals surface area contributed by atoms with Gasteiger partial charge in [0.2, 0.25) is 17.7 Å². The Morgan fingerprint density at radius 1 is 1.07 bits per heavy atom. The number of likely N-dealkylation sites (tertiary alicyclic amines) is 1. The maximum absolute atomic E-state index is 14.9. The summed E-state index contributed by atoms with van der Waals surface area (Å²) in [6.45, 7) is 13.6. The van der Waals surface area contributed by atoms with Crippen molar-refractivity contribution in [2.24, 2.45) is 17.8 Å². The van der Waals surface area contributed by atoms with E-state index in [-0.39, 0.29) is 50.0 Å². The minimum atomic E-state index is -1.26. The molecule has 46 heavy (non-hydrogen) atoms. The van der Waals surface area contributed by atoms with E-state index < -0.39 is 35.1 Å². The minimum absolute atomic E-state index is 0.0663. The number of aliphatic hydroxyl groups is 1. The largest absolute Gasteiger partial charge is 0.394 e. The molecule has 3 aliphatic heterocycles. The van der Waals surface area contributed by atoms with Gasteiger partial charge in [0, 0.05) is 18.8 Å². The number of hydrogen-bond acceptors (Lipinski definition) is 7. The van der Waals surface area contributed by atoms with Gasteiger partial charge in [-0.1, -0.05) is 61.5 Å². The molecule has 3 amide bonds. The van der Waals surface area contributed by atoms with Crippen LogP contribution < -0.4 is 4.90 Å². The van der Waals surface area contributed by atoms with Crippen molar-refractivity contribution in [3.8, 4) is 0 Å². The maximum Gasteiger partial charge on any atom is 0.250 e. The highest BCUT2D eigenvalue weighted by molar-refractivity contribution is 6.03. The molecule has 0 saturated carbocycles. The molecule has 2 unspecified atom stereocenters. The smallest absolute Gasteiger partial charge is 0.250 e. The molecular formula is C35H42N6O5. The molecule has 3 aliphatic rings. The number of anilines is 1. The number of aliphatic hydroxyl groups excluding tert-OH is 1. The number of aromatic nitrogens is 3. The lowest BCUT2D eigenvalue weighted by Gasteiger charge is -2.40. The summed E-state index contributed by atoms with van der Waals surface area (Å²) < 4.78 is 8.53. The topological polar surface area (TPSA) is 121 Å². The van der Waals surface area contributed by atoms with E-state index in [1.54, 1.807) is 26.6 Å². The molecule has 1 aromatic heterocycles. The average Bonchev–Trinajstić information content (AvgIpc) is 3.75. The number of carbonyl (C=O) groups excluding carboxylic acids is 3. The van der Waals surface area contributed by atoms with Gasteiger partial charge < -0.3 is 24.5 Å². The van der Waals surface area contributed by atoms with Crippen LogP contribution in [0.4, 0.5) is 5.69 Å². The van der Waals surface area contributed by atoms with Gasteiger partial charge in [0.05, 0.1) is 35.6 Å². The minimum Gasteiger partial charge on any atom is -0.394 e. The summed E-state index contributed by atoms with van der Waals surface area (Å²) in [5.74, 6) is -2.86. The van der Waals surface area contributed by atoms with E-state index >= 15 is 0 Å². The molecule has 1 spiro atoms. The number of hydrogen-bond donors (Lipinski definition) is 1. The van der Waals surface area contributed by atoms with Gasteiger partial charge in [-0.15, -0.1) is 18.3 Å². The second kappa shape index (κ2) is 12.1. The third kappa shape index (κ3) is 4.84. The van der Waals surface area contributed by atoms with Gasteiger partial charge in [0.25, 0.3) is 0 Å². The van der Waals surface area contributed by atoms with Gasteiger partial charge in [-0.25, -0.2) is 4.68 Å². The van der Waals surface area contributed by atoms with Crippen LogP contribution in [-0.4, -0.2) is 90.6 Å². The van der Waals surface area contributed by atoms with Crippen molar-refractivity contribution in [1.29, 1.82) is 0 Å². The summed E-state index contributed by atoms with van der Waals surface area (Å²) in [7, 11) is 0. The average molecular weight is 627 g/mol. The van der Waals surface area contributed by atoms with Gasteiger partial charge >= 0.3 is 0 Å². The number of nitrogens with zero attached hydrogens (tertiary/aromatic N) is 6. The first-order valence-corrected chi connectivity index (χ1v) is 15.9. The van der Waals surface area contributed by atoms with Crippen LogP contribution in [0.5, 0.6) is 0 Å². The fourth-order valence-electron chi connectivity index (χ4n) is 7.95. The Morgan fingerprint density at radius 3 is 2.43 bits per heavy atom. The third-order valence-electron chi connectivity index (χ3n) is 10.1. The first kappa shape index (κ1) is 31.6. The lowest BCUT2D eigenvalue weighted by molar-refractivity contribution is -0.156. The van der Waals surface area contributed by atoms with Crippen LogP contribution in [0.1, 0.15) is 33.6 Å². The zero-order valence-electron chi connectivity index (χ0n) is 26.7. The summed E-state index contributed by atoms with van der Waals surface area (Å²) in [6.07, 6.45) is 4.22. The molecule has 3 saturated heterocycles. The molecule has 2 bridgehead atoms. The van der Waals surface area contributed by atoms with E-state index in [4.69, 9.17) is 4.74 Å². The molecule has 1 N–H and O–H groups in total. The lowest BCUT2D eigenvalue weighted by atomic mass is 9.66. The highest BCUT2D eigenvalue weighted by atomic mass is 16.5. The zero-order valence-corrected chi connectivity index (χ0v) is 26.7. The molecule has 242 valence electrons. The van der Waals surface area contributed by atoms with Crippen molar-refractivity contribution >= 4 is 34.4 Å². The van der Waals surface area contributed by atoms with Gasteiger partial charge in [-0.05, 0) is 49.9 Å². The molecule has 0 radical (unpaired) electrons. The van der Waals surface area contributed by atoms with Crippen LogP contribution >= 0.6 is 0 Å². The summed E-state index contributed by atoms with van der Waals surface area (Å²) in [6, 6.07) is 15.1. The standard InChI is InChI=1S/C35H42N6O5/c1-6-19-38(22-40-26-16-12-11-15-25(26)36-37-40)33(45)30-35-18-17-34(5,46-35)28(29(35)32(44)41(30)27(21-42)23(3)4)31(43)39(20-7-2)24-13-9-8-10-14-24/h6-16,23,27-30,42H,1-2,17-22H2,3-5H3/t27-,28+,29-,30?,34-,35?/m0/s1. The van der Waals surface area contributed by atoms with Crippen molar-refractivity contribution in [2.75, 3.05) is 24.6 Å². The van der Waals surface area contributed by atoms with Crippen LogP contribution in [0, 0.1) is 17.8 Å². The van der Waals surface area contributed by atoms with Gasteiger partial charge in [0.1, 0.15) is 23.8 Å². The summed E-state index contributed by atoms with van der Waals surface area (Å²) in [5.41, 5.74) is -0.0791. The molecule has 2 aromatic carbocycles. The number of para-hydroxylation sites is 2. The summed E-state index contributed by atoms with van der Waals surface area (Å²) in [4.78, 5) is 49.0. The Hall–Kier alpha value is -4.35. The van der Waals surface area contributed by atoms with Crippen molar-refractivity contribution < 1.29 is 24.2 Å². The van der Waals surface area contributed by atoms with Crippen molar-refractivity contribution in [1.82, 2.24) is 24.8 Å². The number of amides is 3. The van der Waals surface area contributed by atoms with E-state index in [2.05, 4.69) is 23.5 Å². The maximum atomic E-state index is 14.9. The second-order valence-corrected chi connectivity index (χ2v) is 13.1. The monoisotopic (exact) mass is 626 g/mol. The van der Waals surface area contributed by atoms with Crippen molar-refractivity contribution in [2.45, 2.75) is 63.6 Å². The Kier molecular flexibility index (Phi) is 8.32. The second-order valence-electron chi connectivity index (χ2n) is 13.1. The summed E-state index contributed by atoms with van der Waals surface area (Å²) in [5, 5.41) is 19.2. The predicted molar refractivity (Wildman–Crippen MR) is 173 cm³/mol. The SMILES string of the molecule is C=CCN(Cn1nnc2ccccc21)C(=O)C1N([C@@H](CO)C(C)C)C(=O)[C@@H]2[C@H](C(=O)N(CC=C)c3ccccc3)[C@]3(C)CCC12O3. The number of ether oxygens (including phenoxy) is 1. The molecule has 11 nitrogen and oxygen atoms in total. The number of fused-ring (bicyclic) bond motifs is 2. The number of benzene rings is 2. The molecule has 3 fully saturated rings. The van der Waals surface area contributed by atoms with Crippen LogP contribution in [0.3, 0.4) is 0 Å². The van der Waals surface area contributed by atoms with Crippen molar-refractivity contribution in [3.05, 3.63) is 79.9 Å². The Morgan fingerprint density at radius 2 is 1.76 bits per heavy atom. The molecule has 6 rings (SSSR count). The molecular weight excluding hydrogens is 584 g/mol. The predicted octanol–water partition coefficient (Wildman–Crippen LogP) is 3.40. The Balaban J connectivity index is 1.44. The quantitative estimate of drug-likeness (QED) is 0.306. The molecule has 6 atom stereocenters. The highest BCUT2D eigenvalue weighted by Gasteiger charge is 2.79. The van der Waals surface area contributed by atoms with E-state index in [0.717, 1.165) is 5.52 Å². The highest BCUT2D eigenvalue weighted by Crippen LogP contribution is 2.64. The van der Waals surface area contributed by atoms with Crippen LogP contribution in [0.15, 0.2) is 79.9 Å². The fourth-order valence-corrected chi connectivity index (χ4v) is 7.95. The molecule has 0 aliphatic carbocycles. The van der Waals surface area contributed by atoms with E-state index in [1.807, 2.05) is 75.4 Å². The Bertz CT molecular complexity index is 1660.